The minimum atomic E-state index is -0.931. The fourth-order valence-electron chi connectivity index (χ4n) is 8.86. The van der Waals surface area contributed by atoms with Gasteiger partial charge in [0.05, 0.1) is 52.3 Å². The first-order chi connectivity index (χ1) is 41.1. The van der Waals surface area contributed by atoms with Gasteiger partial charge in [-0.2, -0.15) is 5.26 Å². The van der Waals surface area contributed by atoms with Crippen molar-refractivity contribution in [1.29, 1.82) is 5.26 Å². The molecule has 2 fully saturated rings. The number of fused-ring (bicyclic) bond motifs is 1. The Morgan fingerprint density at radius 3 is 1.41 bits per heavy atom. The first kappa shape index (κ1) is 62.8. The molecule has 5 aromatic rings. The van der Waals surface area contributed by atoms with E-state index >= 15 is 0 Å². The molecule has 23 heteroatoms. The number of azo groups is 1. The third kappa shape index (κ3) is 19.1. The van der Waals surface area contributed by atoms with Crippen molar-refractivity contribution in [2.75, 3.05) is 33.0 Å². The average Bonchev–Trinajstić information content (AvgIpc) is 3.21. The maximum Gasteiger partial charge on any atom is 0.330 e. The van der Waals surface area contributed by atoms with Gasteiger partial charge in [0.1, 0.15) is 54.9 Å². The quantitative estimate of drug-likeness (QED) is 0.0148. The fraction of sp³-hybridized carbons (Fsp3) is 0.323. The second-order valence-corrected chi connectivity index (χ2v) is 20.3. The highest BCUT2D eigenvalue weighted by molar-refractivity contribution is 7.22. The van der Waals surface area contributed by atoms with Gasteiger partial charge in [0.25, 0.3) is 0 Å². The maximum atomic E-state index is 13.8. The van der Waals surface area contributed by atoms with Gasteiger partial charge in [-0.25, -0.2) is 24.2 Å². The summed E-state index contributed by atoms with van der Waals surface area (Å²) in [5.41, 5.74) is 2.05. The monoisotopic (exact) mass is 1180 g/mol. The molecule has 0 spiro atoms. The van der Waals surface area contributed by atoms with Crippen LogP contribution in [-0.4, -0.2) is 98.0 Å². The lowest BCUT2D eigenvalue weighted by molar-refractivity contribution is -0.154. The van der Waals surface area contributed by atoms with Crippen molar-refractivity contribution in [3.8, 4) is 34.8 Å². The molecule has 85 heavy (non-hydrogen) atoms. The Kier molecular flexibility index (Phi) is 23.3. The van der Waals surface area contributed by atoms with Crippen LogP contribution in [0.4, 0.5) is 10.8 Å². The van der Waals surface area contributed by atoms with E-state index < -0.39 is 83.6 Å². The van der Waals surface area contributed by atoms with Gasteiger partial charge in [-0.05, 0) is 136 Å². The number of carbonyl (C=O) groups is 8. The van der Waals surface area contributed by atoms with Crippen molar-refractivity contribution in [3.05, 3.63) is 147 Å². The first-order valence-electron chi connectivity index (χ1n) is 27.0. The summed E-state index contributed by atoms with van der Waals surface area (Å²) in [5, 5.41) is 18.1. The number of hydrogen-bond acceptors (Lipinski definition) is 23. The first-order valence-corrected chi connectivity index (χ1v) is 27.8. The topological polar surface area (TPSA) is 290 Å². The Hall–Kier alpha value is -9.82. The number of thiazole rings is 1. The molecule has 1 aromatic heterocycles. The van der Waals surface area contributed by atoms with Crippen LogP contribution >= 0.6 is 11.3 Å². The Labute approximate surface area is 492 Å². The van der Waals surface area contributed by atoms with Crippen molar-refractivity contribution in [2.45, 2.75) is 70.0 Å². The molecule has 2 aliphatic rings. The molecule has 4 aromatic carbocycles. The molecule has 7 rings (SSSR count). The highest BCUT2D eigenvalue weighted by Crippen LogP contribution is 2.39. The third-order valence-electron chi connectivity index (χ3n) is 13.4. The molecular weight excluding hydrogens is 1120 g/mol. The van der Waals surface area contributed by atoms with Crippen LogP contribution in [0.2, 0.25) is 0 Å². The zero-order valence-corrected chi connectivity index (χ0v) is 46.9. The largest absolute Gasteiger partial charge is 0.490 e. The van der Waals surface area contributed by atoms with E-state index in [1.54, 1.807) is 84.9 Å². The SMILES string of the molecule is C=CC(=O)OCC(COc1ccc(OC(=O)C2CCC(C(=O)OCCc3ccc(OC(=O)C4CCC(C(=O)Oc5ccc(OCC(COC(=O)C=C)OC(=O)C=C)cc5)CC4)c4nc(N=Nc5ccc(C#N)cc5)sc34)CC2)cc1)OC(=O)C=C. The summed E-state index contributed by atoms with van der Waals surface area (Å²) < 4.78 is 55.5. The standard InChI is InChI=1S/C62H60N4O18S/c1-5-52(67)78-36-49(80-54(69)7-3)34-76-45-22-26-47(27-23-45)82-59(72)41-13-11-40(12-14-41)58(71)75-32-31-39-19-30-51(56-57(39)85-62(64-56)66-65-44-20-9-38(33-63)10-21-44)84-61(74)43-17-15-42(16-18-43)60(73)83-48-28-24-46(25-29-48)77-35-50(81-55(70)8-4)37-79-53(68)6-2/h5-10,19-30,40-43,49-50H,1-4,11-18,31-32,34-37H2. The predicted molar refractivity (Wildman–Crippen MR) is 304 cm³/mol. The molecule has 0 bridgehead atoms. The minimum absolute atomic E-state index is 0.0263. The lowest BCUT2D eigenvalue weighted by Crippen LogP contribution is -2.30. The predicted octanol–water partition coefficient (Wildman–Crippen LogP) is 9.81. The molecule has 1 heterocycles. The molecule has 2 unspecified atom stereocenters. The normalized spacial score (nSPS) is 17.0. The van der Waals surface area contributed by atoms with Gasteiger partial charge < -0.3 is 47.4 Å². The van der Waals surface area contributed by atoms with Crippen LogP contribution in [0.5, 0.6) is 28.7 Å². The summed E-state index contributed by atoms with van der Waals surface area (Å²) in [6.07, 6.45) is 5.44. The maximum absolute atomic E-state index is 13.8. The van der Waals surface area contributed by atoms with E-state index in [1.165, 1.54) is 11.3 Å². The third-order valence-corrected chi connectivity index (χ3v) is 14.5. The highest BCUT2D eigenvalue weighted by Gasteiger charge is 2.34. The van der Waals surface area contributed by atoms with Crippen LogP contribution in [0, 0.1) is 35.0 Å². The molecule has 2 saturated carbocycles. The van der Waals surface area contributed by atoms with Crippen molar-refractivity contribution in [2.24, 2.45) is 33.9 Å². The van der Waals surface area contributed by atoms with Crippen LogP contribution in [0.25, 0.3) is 10.2 Å². The second-order valence-electron chi connectivity index (χ2n) is 19.3. The van der Waals surface area contributed by atoms with E-state index in [-0.39, 0.29) is 61.8 Å². The summed E-state index contributed by atoms with van der Waals surface area (Å²) in [5.74, 6) is -5.01. The number of ether oxygens (including phenoxy) is 10. The van der Waals surface area contributed by atoms with Gasteiger partial charge >= 0.3 is 47.8 Å². The number of rotatable bonds is 28. The zero-order valence-electron chi connectivity index (χ0n) is 46.1. The number of nitrogens with zero attached hydrogens (tertiary/aromatic N) is 4. The number of esters is 8. The lowest BCUT2D eigenvalue weighted by Gasteiger charge is -2.26. The van der Waals surface area contributed by atoms with E-state index in [2.05, 4.69) is 47.6 Å². The van der Waals surface area contributed by atoms with Crippen molar-refractivity contribution in [1.82, 2.24) is 4.98 Å². The molecule has 22 nitrogen and oxygen atoms in total. The van der Waals surface area contributed by atoms with E-state index in [9.17, 15) is 43.6 Å². The van der Waals surface area contributed by atoms with Crippen LogP contribution in [0.15, 0.2) is 146 Å². The molecular formula is C62H60N4O18S. The zero-order chi connectivity index (χ0) is 60.7. The Morgan fingerprint density at radius 1 is 0.529 bits per heavy atom. The van der Waals surface area contributed by atoms with Gasteiger partial charge in [-0.3, -0.25) is 19.2 Å². The molecule has 0 aliphatic heterocycles. The second kappa shape index (κ2) is 31.6. The summed E-state index contributed by atoms with van der Waals surface area (Å²) in [4.78, 5) is 105. The number of aromatic nitrogens is 1. The Morgan fingerprint density at radius 2 is 0.965 bits per heavy atom. The summed E-state index contributed by atoms with van der Waals surface area (Å²) in [6, 6.07) is 24.4. The lowest BCUT2D eigenvalue weighted by atomic mass is 9.82. The number of carbonyl (C=O) groups excluding carboxylic acids is 8. The molecule has 2 atom stereocenters. The van der Waals surface area contributed by atoms with E-state index in [0.29, 0.717) is 84.3 Å². The number of hydrogen-bond donors (Lipinski definition) is 0. The minimum Gasteiger partial charge on any atom is -0.490 e. The van der Waals surface area contributed by atoms with E-state index in [1.807, 2.05) is 0 Å². The van der Waals surface area contributed by atoms with Gasteiger partial charge in [0.15, 0.2) is 18.0 Å². The molecule has 2 aliphatic carbocycles. The Balaban J connectivity index is 0.890. The summed E-state index contributed by atoms with van der Waals surface area (Å²) in [6.45, 7) is 12.6. The van der Waals surface area contributed by atoms with E-state index in [4.69, 9.17) is 47.4 Å². The molecule has 0 N–H and O–H groups in total. The van der Waals surface area contributed by atoms with E-state index in [0.717, 1.165) is 29.9 Å². The highest BCUT2D eigenvalue weighted by atomic mass is 32.1. The molecule has 0 saturated heterocycles. The van der Waals surface area contributed by atoms with Gasteiger partial charge in [-0.15, -0.1) is 10.2 Å². The van der Waals surface area contributed by atoms with Crippen molar-refractivity contribution >= 4 is 80.1 Å². The summed E-state index contributed by atoms with van der Waals surface area (Å²) in [7, 11) is 0. The molecule has 0 radical (unpaired) electrons. The van der Waals surface area contributed by atoms with Crippen molar-refractivity contribution < 1.29 is 85.7 Å². The molecule has 0 amide bonds. The van der Waals surface area contributed by atoms with Crippen LogP contribution in [-0.2, 0) is 68.5 Å². The average molecular weight is 1180 g/mol. The van der Waals surface area contributed by atoms with Gasteiger partial charge in [0, 0.05) is 30.7 Å². The smallest absolute Gasteiger partial charge is 0.330 e. The number of benzene rings is 4. The van der Waals surface area contributed by atoms with Gasteiger partial charge in [-0.1, -0.05) is 43.7 Å². The molecule has 442 valence electrons. The fourth-order valence-corrected chi connectivity index (χ4v) is 9.81. The van der Waals surface area contributed by atoms with Crippen LogP contribution in [0.1, 0.15) is 62.5 Å². The van der Waals surface area contributed by atoms with Crippen LogP contribution in [0.3, 0.4) is 0 Å². The van der Waals surface area contributed by atoms with Crippen molar-refractivity contribution in [3.63, 3.8) is 0 Å². The van der Waals surface area contributed by atoms with Crippen LogP contribution < -0.4 is 23.7 Å². The summed E-state index contributed by atoms with van der Waals surface area (Å²) >= 11 is 1.21. The Bertz CT molecular complexity index is 3320. The number of nitriles is 1. The van der Waals surface area contributed by atoms with Gasteiger partial charge in [0.2, 0.25) is 5.13 Å².